The van der Waals surface area contributed by atoms with Crippen molar-refractivity contribution in [1.82, 2.24) is 9.55 Å². The first-order valence-electron chi connectivity index (χ1n) is 5.87. The Hall–Kier alpha value is -0.830. The summed E-state index contributed by atoms with van der Waals surface area (Å²) >= 11 is 0. The molecule has 1 heterocycles. The molecule has 0 spiro atoms. The van der Waals surface area contributed by atoms with E-state index in [1.54, 1.807) is 6.20 Å². The normalized spacial score (nSPS) is 21.0. The number of rotatable bonds is 4. The first kappa shape index (κ1) is 10.7. The van der Waals surface area contributed by atoms with Crippen molar-refractivity contribution >= 4 is 0 Å². The quantitative estimate of drug-likeness (QED) is 0.824. The van der Waals surface area contributed by atoms with E-state index in [0.29, 0.717) is 5.92 Å². The van der Waals surface area contributed by atoms with Crippen molar-refractivity contribution in [3.63, 3.8) is 0 Å². The van der Waals surface area contributed by atoms with Crippen molar-refractivity contribution in [1.29, 1.82) is 0 Å². The summed E-state index contributed by atoms with van der Waals surface area (Å²) in [6, 6.07) is 0. The van der Waals surface area contributed by atoms with Crippen LogP contribution in [0.4, 0.5) is 0 Å². The second kappa shape index (κ2) is 3.97. The number of hydrogen-bond acceptors (Lipinski definition) is 2. The van der Waals surface area contributed by atoms with Gasteiger partial charge >= 0.3 is 0 Å². The fraction of sp³-hybridized carbons (Fsp3) is 0.750. The van der Waals surface area contributed by atoms with Gasteiger partial charge in [0.05, 0.1) is 0 Å². The summed E-state index contributed by atoms with van der Waals surface area (Å²) in [7, 11) is 0. The van der Waals surface area contributed by atoms with Crippen molar-refractivity contribution in [2.75, 3.05) is 0 Å². The smallest absolute Gasteiger partial charge is 0.140 e. The highest BCUT2D eigenvalue weighted by molar-refractivity contribution is 5.04. The number of imidazole rings is 1. The molecule has 1 unspecified atom stereocenters. The van der Waals surface area contributed by atoms with E-state index in [0.717, 1.165) is 18.8 Å². The Labute approximate surface area is 91.1 Å². The molecule has 1 fully saturated rings. The molecule has 0 radical (unpaired) electrons. The standard InChI is InChI=1S/C12H20N2O/c1-3-14-8-7-13-11(14)12(2,15)9-10-5-4-6-10/h7-8,10,15H,3-6,9H2,1-2H3. The maximum absolute atomic E-state index is 10.4. The van der Waals surface area contributed by atoms with Crippen LogP contribution in [0.3, 0.4) is 0 Å². The van der Waals surface area contributed by atoms with Gasteiger partial charge in [-0.25, -0.2) is 4.98 Å². The predicted octanol–water partition coefficient (Wildman–Crippen LogP) is 2.30. The summed E-state index contributed by atoms with van der Waals surface area (Å²) in [4.78, 5) is 4.28. The summed E-state index contributed by atoms with van der Waals surface area (Å²) < 4.78 is 2.03. The molecular formula is C12H20N2O. The lowest BCUT2D eigenvalue weighted by Crippen LogP contribution is -2.31. The van der Waals surface area contributed by atoms with Crippen molar-refractivity contribution in [3.05, 3.63) is 18.2 Å². The van der Waals surface area contributed by atoms with Gasteiger partial charge in [0, 0.05) is 18.9 Å². The van der Waals surface area contributed by atoms with Crippen LogP contribution < -0.4 is 0 Å². The summed E-state index contributed by atoms with van der Waals surface area (Å²) in [6.45, 7) is 4.83. The SMILES string of the molecule is CCn1ccnc1C(C)(O)CC1CCC1. The van der Waals surface area contributed by atoms with E-state index >= 15 is 0 Å². The molecule has 1 aromatic rings. The van der Waals surface area contributed by atoms with Gasteiger partial charge in [-0.15, -0.1) is 0 Å². The number of nitrogens with zero attached hydrogens (tertiary/aromatic N) is 2. The van der Waals surface area contributed by atoms with E-state index < -0.39 is 5.60 Å². The molecule has 0 aliphatic heterocycles. The number of aliphatic hydroxyl groups is 1. The lowest BCUT2D eigenvalue weighted by molar-refractivity contribution is 0.00529. The molecule has 1 aliphatic rings. The molecule has 0 aromatic carbocycles. The van der Waals surface area contributed by atoms with Crippen LogP contribution in [0.1, 0.15) is 45.4 Å². The van der Waals surface area contributed by atoms with Gasteiger partial charge in [0.25, 0.3) is 0 Å². The zero-order valence-corrected chi connectivity index (χ0v) is 9.61. The zero-order valence-electron chi connectivity index (χ0n) is 9.61. The molecule has 1 aliphatic carbocycles. The topological polar surface area (TPSA) is 38.0 Å². The maximum atomic E-state index is 10.4. The number of aromatic nitrogens is 2. The maximum Gasteiger partial charge on any atom is 0.140 e. The second-order valence-corrected chi connectivity index (χ2v) is 4.81. The first-order valence-corrected chi connectivity index (χ1v) is 5.87. The average molecular weight is 208 g/mol. The molecule has 2 rings (SSSR count). The van der Waals surface area contributed by atoms with Crippen molar-refractivity contribution < 1.29 is 5.11 Å². The highest BCUT2D eigenvalue weighted by Crippen LogP contribution is 2.37. The van der Waals surface area contributed by atoms with Crippen LogP contribution in [0.15, 0.2) is 12.4 Å². The molecule has 15 heavy (non-hydrogen) atoms. The fourth-order valence-corrected chi connectivity index (χ4v) is 2.38. The minimum absolute atomic E-state index is 0.696. The van der Waals surface area contributed by atoms with E-state index in [-0.39, 0.29) is 0 Å². The lowest BCUT2D eigenvalue weighted by Gasteiger charge is -2.33. The monoisotopic (exact) mass is 208 g/mol. The predicted molar refractivity (Wildman–Crippen MR) is 59.4 cm³/mol. The zero-order chi connectivity index (χ0) is 10.9. The summed E-state index contributed by atoms with van der Waals surface area (Å²) in [5.74, 6) is 1.51. The number of aryl methyl sites for hydroxylation is 1. The lowest BCUT2D eigenvalue weighted by atomic mass is 9.77. The summed E-state index contributed by atoms with van der Waals surface area (Å²) in [6.07, 6.45) is 8.41. The van der Waals surface area contributed by atoms with Crippen molar-refractivity contribution in [2.24, 2.45) is 5.92 Å². The van der Waals surface area contributed by atoms with Gasteiger partial charge in [0.1, 0.15) is 11.4 Å². The van der Waals surface area contributed by atoms with E-state index in [9.17, 15) is 5.11 Å². The van der Waals surface area contributed by atoms with Crippen molar-refractivity contribution in [2.45, 2.75) is 51.7 Å². The van der Waals surface area contributed by atoms with Crippen LogP contribution in [0, 0.1) is 5.92 Å². The molecule has 1 N–H and O–H groups in total. The highest BCUT2D eigenvalue weighted by Gasteiger charge is 2.33. The Morgan fingerprint density at radius 3 is 2.87 bits per heavy atom. The van der Waals surface area contributed by atoms with Crippen LogP contribution in [-0.4, -0.2) is 14.7 Å². The van der Waals surface area contributed by atoms with Crippen molar-refractivity contribution in [3.8, 4) is 0 Å². The molecule has 0 bridgehead atoms. The molecule has 0 amide bonds. The van der Waals surface area contributed by atoms with Crippen LogP contribution in [0.25, 0.3) is 0 Å². The molecule has 1 saturated carbocycles. The van der Waals surface area contributed by atoms with Gasteiger partial charge in [-0.05, 0) is 26.2 Å². The van der Waals surface area contributed by atoms with Crippen LogP contribution >= 0.6 is 0 Å². The minimum atomic E-state index is -0.759. The van der Waals surface area contributed by atoms with Gasteiger partial charge < -0.3 is 9.67 Å². The first-order chi connectivity index (χ1) is 7.13. The van der Waals surface area contributed by atoms with Gasteiger partial charge in [0.15, 0.2) is 0 Å². The third kappa shape index (κ3) is 2.07. The fourth-order valence-electron chi connectivity index (χ4n) is 2.38. The molecule has 1 aromatic heterocycles. The van der Waals surface area contributed by atoms with E-state index in [2.05, 4.69) is 11.9 Å². The molecule has 1 atom stereocenters. The van der Waals surface area contributed by atoms with Gasteiger partial charge in [-0.2, -0.15) is 0 Å². The Morgan fingerprint density at radius 2 is 2.33 bits per heavy atom. The summed E-state index contributed by atoms with van der Waals surface area (Å²) in [5, 5.41) is 10.4. The van der Waals surface area contributed by atoms with Gasteiger partial charge in [-0.3, -0.25) is 0 Å². The highest BCUT2D eigenvalue weighted by atomic mass is 16.3. The molecule has 3 heteroatoms. The average Bonchev–Trinajstić information content (AvgIpc) is 2.60. The van der Waals surface area contributed by atoms with Gasteiger partial charge in [0.2, 0.25) is 0 Å². The summed E-state index contributed by atoms with van der Waals surface area (Å²) in [5.41, 5.74) is -0.759. The van der Waals surface area contributed by atoms with Crippen LogP contribution in [0.2, 0.25) is 0 Å². The largest absolute Gasteiger partial charge is 0.382 e. The Balaban J connectivity index is 2.12. The van der Waals surface area contributed by atoms with E-state index in [1.165, 1.54) is 19.3 Å². The Morgan fingerprint density at radius 1 is 1.60 bits per heavy atom. The third-order valence-corrected chi connectivity index (χ3v) is 3.45. The molecular weight excluding hydrogens is 188 g/mol. The minimum Gasteiger partial charge on any atom is -0.382 e. The van der Waals surface area contributed by atoms with E-state index in [4.69, 9.17) is 0 Å². The van der Waals surface area contributed by atoms with Crippen LogP contribution in [0.5, 0.6) is 0 Å². The van der Waals surface area contributed by atoms with Gasteiger partial charge in [-0.1, -0.05) is 19.3 Å². The Kier molecular flexibility index (Phi) is 2.83. The molecule has 3 nitrogen and oxygen atoms in total. The van der Waals surface area contributed by atoms with Crippen LogP contribution in [-0.2, 0) is 12.1 Å². The molecule has 84 valence electrons. The molecule has 0 saturated heterocycles. The third-order valence-electron chi connectivity index (χ3n) is 3.45. The number of hydrogen-bond donors (Lipinski definition) is 1. The van der Waals surface area contributed by atoms with E-state index in [1.807, 2.05) is 17.7 Å². The Bertz CT molecular complexity index is 326. The second-order valence-electron chi connectivity index (χ2n) is 4.81.